The molecule has 37 heavy (non-hydrogen) atoms. The van der Waals surface area contributed by atoms with Crippen LogP contribution in [0.15, 0.2) is 59.6 Å². The molecule has 1 aromatic carbocycles. The van der Waals surface area contributed by atoms with Crippen LogP contribution in [0.3, 0.4) is 0 Å². The molecule has 7 nitrogen and oxygen atoms in total. The number of anilines is 1. The van der Waals surface area contributed by atoms with Crippen molar-refractivity contribution in [3.63, 3.8) is 0 Å². The Kier molecular flexibility index (Phi) is 6.21. The fourth-order valence-electron chi connectivity index (χ4n) is 5.45. The number of rotatable bonds is 6. The number of fused-ring (bicyclic) bond motifs is 2. The molecular weight excluding hydrogens is 507 g/mol. The van der Waals surface area contributed by atoms with Gasteiger partial charge in [0.15, 0.2) is 5.03 Å². The summed E-state index contributed by atoms with van der Waals surface area (Å²) in [7, 11) is -4.07. The molecule has 194 valence electrons. The van der Waals surface area contributed by atoms with Crippen molar-refractivity contribution in [2.45, 2.75) is 55.2 Å². The number of hydrogen-bond acceptors (Lipinski definition) is 6. The highest BCUT2D eigenvalue weighted by atomic mass is 32.2. The number of nitrogens with zero attached hydrogens (tertiary/aromatic N) is 3. The molecule has 2 fully saturated rings. The Balaban J connectivity index is 1.47. The van der Waals surface area contributed by atoms with Crippen LogP contribution in [0.25, 0.3) is 11.3 Å². The summed E-state index contributed by atoms with van der Waals surface area (Å²) in [4.78, 5) is 22.0. The molecule has 2 aromatic heterocycles. The van der Waals surface area contributed by atoms with Crippen LogP contribution < -0.4 is 4.90 Å². The quantitative estimate of drug-likeness (QED) is 0.484. The minimum atomic E-state index is -4.67. The summed E-state index contributed by atoms with van der Waals surface area (Å²) in [5.41, 5.74) is -0.457. The summed E-state index contributed by atoms with van der Waals surface area (Å²) in [6, 6.07) is 12.7. The molecule has 0 unspecified atom stereocenters. The predicted molar refractivity (Wildman–Crippen MR) is 130 cm³/mol. The summed E-state index contributed by atoms with van der Waals surface area (Å²) in [5, 5.41) is 9.29. The Hall–Kier alpha value is -3.47. The van der Waals surface area contributed by atoms with Crippen molar-refractivity contribution in [2.24, 2.45) is 5.92 Å². The molecule has 2 bridgehead atoms. The number of aliphatic carboxylic acids is 1. The van der Waals surface area contributed by atoms with Crippen molar-refractivity contribution in [1.82, 2.24) is 9.97 Å². The first-order valence-electron chi connectivity index (χ1n) is 11.8. The Morgan fingerprint density at radius 3 is 2.49 bits per heavy atom. The van der Waals surface area contributed by atoms with E-state index in [0.717, 1.165) is 18.6 Å². The van der Waals surface area contributed by atoms with Gasteiger partial charge in [-0.1, -0.05) is 30.3 Å². The van der Waals surface area contributed by atoms with E-state index in [9.17, 15) is 31.5 Å². The number of alkyl halides is 3. The van der Waals surface area contributed by atoms with Gasteiger partial charge in [0.2, 0.25) is 9.84 Å². The Bertz CT molecular complexity index is 1480. The lowest BCUT2D eigenvalue weighted by Crippen LogP contribution is -2.33. The van der Waals surface area contributed by atoms with E-state index in [0.29, 0.717) is 24.2 Å². The second kappa shape index (κ2) is 9.13. The lowest BCUT2D eigenvalue weighted by Gasteiger charge is -2.24. The summed E-state index contributed by atoms with van der Waals surface area (Å²) in [6.45, 7) is 1.66. The maximum atomic E-state index is 13.7. The second-order valence-corrected chi connectivity index (χ2v) is 11.4. The number of aryl methyl sites for hydroxylation is 1. The number of carboxylic acids is 1. The van der Waals surface area contributed by atoms with Crippen molar-refractivity contribution in [1.29, 1.82) is 0 Å². The zero-order valence-corrected chi connectivity index (χ0v) is 20.6. The van der Waals surface area contributed by atoms with E-state index in [1.165, 1.54) is 12.1 Å². The van der Waals surface area contributed by atoms with Crippen LogP contribution in [0.5, 0.6) is 0 Å². The third kappa shape index (κ3) is 4.68. The van der Waals surface area contributed by atoms with Gasteiger partial charge in [-0.15, -0.1) is 0 Å². The molecule has 5 rings (SSSR count). The van der Waals surface area contributed by atoms with Crippen LogP contribution >= 0.6 is 0 Å². The van der Waals surface area contributed by atoms with Crippen LogP contribution in [-0.2, 0) is 26.6 Å². The topological polar surface area (TPSA) is 100 Å². The van der Waals surface area contributed by atoms with E-state index in [1.807, 2.05) is 4.90 Å². The normalized spacial score (nSPS) is 21.4. The van der Waals surface area contributed by atoms with Crippen molar-refractivity contribution < 1.29 is 31.5 Å². The van der Waals surface area contributed by atoms with Gasteiger partial charge in [0.05, 0.1) is 28.6 Å². The Morgan fingerprint density at radius 1 is 1.05 bits per heavy atom. The lowest BCUT2D eigenvalue weighted by atomic mass is 9.89. The number of pyridine rings is 2. The van der Waals surface area contributed by atoms with Crippen molar-refractivity contribution in [2.75, 3.05) is 4.90 Å². The smallest absolute Gasteiger partial charge is 0.418 e. The highest BCUT2D eigenvalue weighted by Crippen LogP contribution is 2.44. The molecule has 1 N–H and O–H groups in total. The molecule has 0 saturated carbocycles. The summed E-state index contributed by atoms with van der Waals surface area (Å²) >= 11 is 0. The van der Waals surface area contributed by atoms with Gasteiger partial charge in [-0.25, -0.2) is 13.4 Å². The number of hydrogen-bond donors (Lipinski definition) is 1. The maximum Gasteiger partial charge on any atom is 0.418 e. The van der Waals surface area contributed by atoms with Crippen LogP contribution in [0.2, 0.25) is 0 Å². The highest BCUT2D eigenvalue weighted by molar-refractivity contribution is 7.90. The summed E-state index contributed by atoms with van der Waals surface area (Å²) in [5.74, 6) is -1.65. The van der Waals surface area contributed by atoms with Gasteiger partial charge in [-0.2, -0.15) is 13.2 Å². The Labute approximate surface area is 211 Å². The third-order valence-electron chi connectivity index (χ3n) is 7.14. The molecule has 2 aliphatic heterocycles. The van der Waals surface area contributed by atoms with Crippen LogP contribution in [0.4, 0.5) is 19.0 Å². The van der Waals surface area contributed by atoms with Gasteiger partial charge in [-0.05, 0) is 56.0 Å². The average molecular weight is 532 g/mol. The molecule has 0 amide bonds. The van der Waals surface area contributed by atoms with E-state index in [1.54, 1.807) is 37.3 Å². The van der Waals surface area contributed by atoms with Gasteiger partial charge >= 0.3 is 12.1 Å². The van der Waals surface area contributed by atoms with Crippen molar-refractivity contribution in [3.05, 3.63) is 71.4 Å². The largest absolute Gasteiger partial charge is 0.481 e. The number of aromatic nitrogens is 2. The van der Waals surface area contributed by atoms with Gasteiger partial charge in [0.1, 0.15) is 5.82 Å². The summed E-state index contributed by atoms with van der Waals surface area (Å²) < 4.78 is 67.7. The Morgan fingerprint density at radius 2 is 1.81 bits per heavy atom. The highest BCUT2D eigenvalue weighted by Gasteiger charge is 2.50. The molecule has 3 atom stereocenters. The standard InChI is InChI=1S/C26H24F3N3O4S/c1-15-5-2-3-6-18(15)24-20(26(27,28)29)11-9-16(30-24)14-37(35,36)23-8-4-7-22(31-23)32-17-10-12-21(32)19(13-17)25(33)34/h2-9,11,17,19,21H,10,12-14H2,1H3,(H,33,34)/t17-,19+,21+/m1/s1. The minimum absolute atomic E-state index is 0.0233. The molecule has 0 spiro atoms. The number of halogens is 3. The first kappa shape index (κ1) is 25.2. The minimum Gasteiger partial charge on any atom is -0.481 e. The number of sulfone groups is 1. The van der Waals surface area contributed by atoms with E-state index in [4.69, 9.17) is 0 Å². The molecule has 11 heteroatoms. The molecule has 0 aliphatic carbocycles. The zero-order valence-electron chi connectivity index (χ0n) is 19.8. The lowest BCUT2D eigenvalue weighted by molar-refractivity contribution is -0.142. The number of benzene rings is 1. The fourth-order valence-corrected chi connectivity index (χ4v) is 6.67. The van der Waals surface area contributed by atoms with Crippen LogP contribution in [-0.4, -0.2) is 41.5 Å². The molecule has 3 aromatic rings. The summed E-state index contributed by atoms with van der Waals surface area (Å²) in [6.07, 6.45) is -2.68. The molecule has 0 radical (unpaired) electrons. The fraction of sp³-hybridized carbons (Fsp3) is 0.346. The third-order valence-corrected chi connectivity index (χ3v) is 8.68. The first-order chi connectivity index (χ1) is 17.5. The molecule has 2 saturated heterocycles. The van der Waals surface area contributed by atoms with Crippen LogP contribution in [0, 0.1) is 12.8 Å². The molecule has 2 aliphatic rings. The predicted octanol–water partition coefficient (Wildman–Crippen LogP) is 4.89. The average Bonchev–Trinajstić information content (AvgIpc) is 3.42. The van der Waals surface area contributed by atoms with Gasteiger partial charge in [-0.3, -0.25) is 9.78 Å². The van der Waals surface area contributed by atoms with Crippen molar-refractivity contribution in [3.8, 4) is 11.3 Å². The maximum absolute atomic E-state index is 13.7. The van der Waals surface area contributed by atoms with E-state index in [-0.39, 0.29) is 34.1 Å². The van der Waals surface area contributed by atoms with Gasteiger partial charge in [0.25, 0.3) is 0 Å². The zero-order chi connectivity index (χ0) is 26.5. The monoisotopic (exact) mass is 531 g/mol. The molecule has 4 heterocycles. The van der Waals surface area contributed by atoms with E-state index >= 15 is 0 Å². The number of carboxylic acid groups (broad SMARTS) is 1. The van der Waals surface area contributed by atoms with E-state index < -0.39 is 39.2 Å². The molecular formula is C26H24F3N3O4S. The van der Waals surface area contributed by atoms with E-state index in [2.05, 4.69) is 9.97 Å². The van der Waals surface area contributed by atoms with Crippen LogP contribution in [0.1, 0.15) is 36.1 Å². The van der Waals surface area contributed by atoms with Crippen molar-refractivity contribution >= 4 is 21.6 Å². The second-order valence-electron chi connectivity index (χ2n) is 9.49. The van der Waals surface area contributed by atoms with Gasteiger partial charge in [0, 0.05) is 17.6 Å². The van der Waals surface area contributed by atoms with Gasteiger partial charge < -0.3 is 10.0 Å². The first-order valence-corrected chi connectivity index (χ1v) is 13.4. The SMILES string of the molecule is Cc1ccccc1-c1nc(CS(=O)(=O)c2cccc(N3[C@@H]4CC[C@H]3[C@@H](C(=O)O)C4)n2)ccc1C(F)(F)F. The number of carbonyl (C=O) groups is 1.